The number of hydrogen-bond acceptors (Lipinski definition) is 6. The van der Waals surface area contributed by atoms with Crippen LogP contribution in [0.2, 0.25) is 5.02 Å². The highest BCUT2D eigenvalue weighted by Gasteiger charge is 2.27. The molecule has 1 unspecified atom stereocenters. The third-order valence-electron chi connectivity index (χ3n) is 5.24. The second-order valence-electron chi connectivity index (χ2n) is 7.28. The number of benzene rings is 1. The number of anilines is 1. The highest BCUT2D eigenvalue weighted by atomic mass is 35.5. The minimum atomic E-state index is -0.151. The molecule has 2 aromatic heterocycles. The number of nitrogens with zero attached hydrogens (tertiary/aromatic N) is 5. The van der Waals surface area contributed by atoms with E-state index in [4.69, 9.17) is 16.1 Å². The molecule has 3 aromatic rings. The lowest BCUT2D eigenvalue weighted by Crippen LogP contribution is -2.51. The summed E-state index contributed by atoms with van der Waals surface area (Å²) in [4.78, 5) is 16.6. The molecular formula is C21H23ClN6O2. The van der Waals surface area contributed by atoms with Crippen molar-refractivity contribution in [1.82, 2.24) is 25.6 Å². The fraction of sp³-hybridized carbons (Fsp3) is 0.333. The normalized spacial score (nSPS) is 16.3. The number of carbonyl (C=O) groups is 1. The van der Waals surface area contributed by atoms with Crippen LogP contribution in [0, 0.1) is 0 Å². The van der Waals surface area contributed by atoms with Gasteiger partial charge in [0.2, 0.25) is 0 Å². The van der Waals surface area contributed by atoms with E-state index in [0.29, 0.717) is 16.5 Å². The Bertz CT molecular complexity index is 996. The molecule has 1 aliphatic rings. The lowest BCUT2D eigenvalue weighted by atomic mass is 10.0. The Morgan fingerprint density at radius 1 is 1.33 bits per heavy atom. The molecule has 1 aromatic carbocycles. The van der Waals surface area contributed by atoms with Gasteiger partial charge in [0, 0.05) is 43.0 Å². The maximum atomic E-state index is 12.7. The van der Waals surface area contributed by atoms with Crippen LogP contribution in [0.4, 0.5) is 10.6 Å². The zero-order valence-electron chi connectivity index (χ0n) is 16.7. The summed E-state index contributed by atoms with van der Waals surface area (Å²) in [7, 11) is 1.82. The average Bonchev–Trinajstić information content (AvgIpc) is 3.27. The van der Waals surface area contributed by atoms with Gasteiger partial charge < -0.3 is 19.6 Å². The number of rotatable bonds is 5. The van der Waals surface area contributed by atoms with Crippen LogP contribution >= 0.6 is 11.6 Å². The number of likely N-dealkylation sites (N-methyl/N-ethyl adjacent to an activating group) is 1. The van der Waals surface area contributed by atoms with Crippen LogP contribution in [0.3, 0.4) is 0 Å². The molecule has 9 heteroatoms. The fourth-order valence-electron chi connectivity index (χ4n) is 3.57. The summed E-state index contributed by atoms with van der Waals surface area (Å²) in [6.07, 6.45) is 3.59. The molecule has 1 aliphatic heterocycles. The molecule has 4 rings (SSSR count). The first-order valence-electron chi connectivity index (χ1n) is 9.85. The Labute approximate surface area is 179 Å². The van der Waals surface area contributed by atoms with Crippen molar-refractivity contribution >= 4 is 23.4 Å². The molecule has 156 valence electrons. The summed E-state index contributed by atoms with van der Waals surface area (Å²) in [5.41, 5.74) is 1.55. The number of halogens is 1. The van der Waals surface area contributed by atoms with E-state index in [2.05, 4.69) is 25.6 Å². The Hall–Kier alpha value is -3.13. The molecule has 1 N–H and O–H groups in total. The van der Waals surface area contributed by atoms with Crippen molar-refractivity contribution in [3.63, 3.8) is 0 Å². The maximum Gasteiger partial charge on any atom is 0.317 e. The van der Waals surface area contributed by atoms with E-state index in [1.165, 1.54) is 0 Å². The van der Waals surface area contributed by atoms with Crippen molar-refractivity contribution in [2.45, 2.75) is 25.4 Å². The van der Waals surface area contributed by atoms with Gasteiger partial charge in [-0.1, -0.05) is 28.9 Å². The number of amides is 2. The molecular weight excluding hydrogens is 404 g/mol. The quantitative estimate of drug-likeness (QED) is 0.670. The molecule has 0 saturated carbocycles. The van der Waals surface area contributed by atoms with Gasteiger partial charge in [-0.15, -0.1) is 5.10 Å². The lowest BCUT2D eigenvalue weighted by Gasteiger charge is -2.37. The molecule has 3 heterocycles. The molecule has 0 spiro atoms. The number of nitrogens with one attached hydrogen (secondary N) is 1. The maximum absolute atomic E-state index is 12.7. The van der Waals surface area contributed by atoms with Gasteiger partial charge in [0.15, 0.2) is 11.6 Å². The van der Waals surface area contributed by atoms with Crippen molar-refractivity contribution in [1.29, 1.82) is 0 Å². The summed E-state index contributed by atoms with van der Waals surface area (Å²) in [6.45, 7) is 1.90. The van der Waals surface area contributed by atoms with Gasteiger partial charge in [-0.2, -0.15) is 5.10 Å². The lowest BCUT2D eigenvalue weighted by molar-refractivity contribution is 0.181. The summed E-state index contributed by atoms with van der Waals surface area (Å²) in [5, 5.41) is 15.7. The van der Waals surface area contributed by atoms with Crippen molar-refractivity contribution in [2.75, 3.05) is 25.0 Å². The molecule has 1 fully saturated rings. The number of aromatic nitrogens is 3. The Kier molecular flexibility index (Phi) is 6.13. The summed E-state index contributed by atoms with van der Waals surface area (Å²) < 4.78 is 5.36. The van der Waals surface area contributed by atoms with Crippen LogP contribution in [0.15, 0.2) is 53.2 Å². The summed E-state index contributed by atoms with van der Waals surface area (Å²) in [5.74, 6) is 1.42. The van der Waals surface area contributed by atoms with Gasteiger partial charge in [0.05, 0.1) is 12.6 Å². The topological polar surface area (TPSA) is 87.4 Å². The van der Waals surface area contributed by atoms with Gasteiger partial charge >= 0.3 is 6.03 Å². The predicted molar refractivity (Wildman–Crippen MR) is 114 cm³/mol. The SMILES string of the molecule is CN(C(=O)NCc1cc(-c2cccc(Cl)c2)no1)C1CCCN(c2cccnn2)C1. The first kappa shape index (κ1) is 20.2. The third kappa shape index (κ3) is 4.71. The zero-order valence-corrected chi connectivity index (χ0v) is 17.4. The third-order valence-corrected chi connectivity index (χ3v) is 5.48. The van der Waals surface area contributed by atoms with Crippen LogP contribution in [-0.2, 0) is 6.54 Å². The van der Waals surface area contributed by atoms with Gasteiger partial charge in [-0.25, -0.2) is 4.79 Å². The fourth-order valence-corrected chi connectivity index (χ4v) is 3.76. The Morgan fingerprint density at radius 3 is 3.03 bits per heavy atom. The molecule has 2 amide bonds. The minimum Gasteiger partial charge on any atom is -0.359 e. The number of piperidine rings is 1. The predicted octanol–water partition coefficient (Wildman–Crippen LogP) is 3.60. The molecule has 1 atom stereocenters. The van der Waals surface area contributed by atoms with Crippen LogP contribution in [-0.4, -0.2) is 52.5 Å². The largest absolute Gasteiger partial charge is 0.359 e. The van der Waals surface area contributed by atoms with Gasteiger partial charge in [-0.3, -0.25) is 0 Å². The monoisotopic (exact) mass is 426 g/mol. The van der Waals surface area contributed by atoms with Gasteiger partial charge in [0.1, 0.15) is 5.69 Å². The van der Waals surface area contributed by atoms with Crippen LogP contribution in [0.1, 0.15) is 18.6 Å². The molecule has 8 nitrogen and oxygen atoms in total. The van der Waals surface area contributed by atoms with Crippen LogP contribution < -0.4 is 10.2 Å². The zero-order chi connectivity index (χ0) is 20.9. The van der Waals surface area contributed by atoms with E-state index in [9.17, 15) is 4.79 Å². The first-order valence-corrected chi connectivity index (χ1v) is 10.2. The van der Waals surface area contributed by atoms with E-state index < -0.39 is 0 Å². The molecule has 0 radical (unpaired) electrons. The van der Waals surface area contributed by atoms with Gasteiger partial charge in [0.25, 0.3) is 0 Å². The van der Waals surface area contributed by atoms with Crippen molar-refractivity contribution in [3.8, 4) is 11.3 Å². The van der Waals surface area contributed by atoms with Crippen molar-refractivity contribution < 1.29 is 9.32 Å². The molecule has 0 aliphatic carbocycles. The summed E-state index contributed by atoms with van der Waals surface area (Å²) >= 11 is 6.03. The molecule has 0 bridgehead atoms. The van der Waals surface area contributed by atoms with E-state index >= 15 is 0 Å². The number of carbonyl (C=O) groups excluding carboxylic acids is 1. The smallest absolute Gasteiger partial charge is 0.317 e. The highest BCUT2D eigenvalue weighted by Crippen LogP contribution is 2.23. The number of urea groups is 1. The highest BCUT2D eigenvalue weighted by molar-refractivity contribution is 6.30. The molecule has 30 heavy (non-hydrogen) atoms. The van der Waals surface area contributed by atoms with Crippen molar-refractivity contribution in [2.24, 2.45) is 0 Å². The van der Waals surface area contributed by atoms with E-state index in [1.54, 1.807) is 17.2 Å². The second-order valence-corrected chi connectivity index (χ2v) is 7.72. The average molecular weight is 427 g/mol. The summed E-state index contributed by atoms with van der Waals surface area (Å²) in [6, 6.07) is 13.0. The Balaban J connectivity index is 1.33. The van der Waals surface area contributed by atoms with Crippen molar-refractivity contribution in [3.05, 3.63) is 59.4 Å². The number of hydrogen-bond donors (Lipinski definition) is 1. The van der Waals surface area contributed by atoms with E-state index in [0.717, 1.165) is 37.3 Å². The minimum absolute atomic E-state index is 0.0949. The Morgan fingerprint density at radius 2 is 2.23 bits per heavy atom. The standard InChI is InChI=1S/C21H23ClN6O2/c1-27(17-7-4-10-28(14-17)20-8-3-9-24-25-20)21(29)23-13-18-12-19(26-30-18)15-5-2-6-16(22)11-15/h2-3,5-6,8-9,11-12,17H,4,7,10,13-14H2,1H3,(H,23,29). The second kappa shape index (κ2) is 9.13. The van der Waals surface area contributed by atoms with Gasteiger partial charge in [-0.05, 0) is 37.1 Å². The van der Waals surface area contributed by atoms with E-state index in [1.807, 2.05) is 43.4 Å². The molecule has 1 saturated heterocycles. The first-order chi connectivity index (χ1) is 14.6. The van der Waals surface area contributed by atoms with E-state index in [-0.39, 0.29) is 18.6 Å². The van der Waals surface area contributed by atoms with Crippen LogP contribution in [0.5, 0.6) is 0 Å². The van der Waals surface area contributed by atoms with Crippen LogP contribution in [0.25, 0.3) is 11.3 Å².